The van der Waals surface area contributed by atoms with E-state index in [9.17, 15) is 27.2 Å². The summed E-state index contributed by atoms with van der Waals surface area (Å²) < 4.78 is 59.4. The van der Waals surface area contributed by atoms with Crippen LogP contribution in [0.15, 0.2) is 46.6 Å². The predicted molar refractivity (Wildman–Crippen MR) is 148 cm³/mol. The summed E-state index contributed by atoms with van der Waals surface area (Å²) in [7, 11) is 0. The number of anilines is 1. The van der Waals surface area contributed by atoms with E-state index < -0.39 is 29.3 Å². The van der Waals surface area contributed by atoms with Crippen LogP contribution in [-0.2, 0) is 17.5 Å². The van der Waals surface area contributed by atoms with Crippen molar-refractivity contribution < 1.29 is 22.4 Å². The molecule has 212 valence electrons. The molecule has 2 aromatic carbocycles. The van der Waals surface area contributed by atoms with Gasteiger partial charge in [-0.1, -0.05) is 24.2 Å². The molecular weight excluding hydrogens is 570 g/mol. The van der Waals surface area contributed by atoms with Crippen LogP contribution < -0.4 is 16.3 Å². The zero-order chi connectivity index (χ0) is 29.1. The van der Waals surface area contributed by atoms with Crippen LogP contribution in [0.3, 0.4) is 0 Å². The largest absolute Gasteiger partial charge is 0.417 e. The van der Waals surface area contributed by atoms with E-state index in [-0.39, 0.29) is 81.1 Å². The number of aromatic nitrogens is 2. The van der Waals surface area contributed by atoms with Crippen molar-refractivity contribution in [2.75, 3.05) is 23.7 Å². The highest BCUT2D eigenvalue weighted by molar-refractivity contribution is 7.99. The number of halogens is 5. The van der Waals surface area contributed by atoms with E-state index in [0.717, 1.165) is 30.0 Å². The van der Waals surface area contributed by atoms with Gasteiger partial charge < -0.3 is 15.5 Å². The first-order valence-electron chi connectivity index (χ1n) is 12.5. The fourth-order valence-corrected chi connectivity index (χ4v) is 7.01. The van der Waals surface area contributed by atoms with E-state index >= 15 is 0 Å². The Balaban J connectivity index is 1.82. The number of hydrogen-bond acceptors (Lipinski definition) is 6. The summed E-state index contributed by atoms with van der Waals surface area (Å²) >= 11 is 7.09. The van der Waals surface area contributed by atoms with Crippen LogP contribution >= 0.6 is 23.4 Å². The van der Waals surface area contributed by atoms with Gasteiger partial charge in [-0.3, -0.25) is 9.36 Å². The van der Waals surface area contributed by atoms with Crippen LogP contribution in [0.25, 0.3) is 22.0 Å². The van der Waals surface area contributed by atoms with Crippen molar-refractivity contribution in [3.8, 4) is 11.1 Å². The molecule has 3 heterocycles. The van der Waals surface area contributed by atoms with E-state index in [1.54, 1.807) is 9.80 Å². The van der Waals surface area contributed by atoms with Crippen molar-refractivity contribution in [1.82, 2.24) is 14.5 Å². The molecular formula is C27H26ClF4N5O2S. The zero-order valence-corrected chi connectivity index (χ0v) is 23.2. The number of nitrogens with zero attached hydrogens (tertiary/aromatic N) is 4. The highest BCUT2D eigenvalue weighted by Gasteiger charge is 2.39. The fourth-order valence-electron chi connectivity index (χ4n) is 5.62. The molecule has 0 radical (unpaired) electrons. The summed E-state index contributed by atoms with van der Waals surface area (Å²) in [4.78, 5) is 33.7. The molecule has 0 saturated carbocycles. The molecule has 2 N–H and O–H groups in total. The predicted octanol–water partition coefficient (Wildman–Crippen LogP) is 4.92. The molecule has 0 spiro atoms. The second-order valence-corrected chi connectivity index (χ2v) is 11.5. The van der Waals surface area contributed by atoms with Gasteiger partial charge >= 0.3 is 11.9 Å². The Morgan fingerprint density at radius 1 is 1.20 bits per heavy atom. The molecule has 0 bridgehead atoms. The van der Waals surface area contributed by atoms with Crippen molar-refractivity contribution in [1.29, 1.82) is 0 Å². The van der Waals surface area contributed by atoms with Crippen molar-refractivity contribution in [3.63, 3.8) is 0 Å². The number of nitrogens with two attached hydrogens (primary N) is 1. The zero-order valence-electron chi connectivity index (χ0n) is 21.6. The van der Waals surface area contributed by atoms with Gasteiger partial charge in [-0.2, -0.15) is 18.2 Å². The standard InChI is InChI=1S/C27H26ClF4N5O2S/c1-4-21(38)37-13(2)9-35(10-14(37)3)25-17-8-18(27(30,31)32)22(15-5-6-20(29)19(28)7-15)24-23(17)36(26(39)34-25)11-16(33)12-40-24/h4-8,13-14,16H,1,9-12,33H2,2-3H3. The third-order valence-electron chi connectivity index (χ3n) is 7.22. The third-order valence-corrected chi connectivity index (χ3v) is 8.79. The quantitative estimate of drug-likeness (QED) is 0.342. The van der Waals surface area contributed by atoms with Crippen LogP contribution in [0.4, 0.5) is 23.4 Å². The molecule has 3 unspecified atom stereocenters. The molecule has 1 fully saturated rings. The van der Waals surface area contributed by atoms with Gasteiger partial charge in [0.1, 0.15) is 11.6 Å². The Bertz CT molecular complexity index is 1580. The molecule has 0 aliphatic carbocycles. The second-order valence-electron chi connectivity index (χ2n) is 10.1. The summed E-state index contributed by atoms with van der Waals surface area (Å²) in [6, 6.07) is 3.22. The molecule has 3 atom stereocenters. The molecule has 7 nitrogen and oxygen atoms in total. The SMILES string of the molecule is C=CC(=O)N1C(C)CN(c2nc(=O)n3c4c(c(-c5ccc(F)c(Cl)c5)c(C(F)(F)F)cc24)SCC(N)C3)CC1C. The molecule has 2 aliphatic heterocycles. The number of alkyl halides is 3. The minimum Gasteiger partial charge on any atom is -0.352 e. The first kappa shape index (κ1) is 28.4. The first-order valence-corrected chi connectivity index (χ1v) is 13.9. The first-order chi connectivity index (χ1) is 18.8. The van der Waals surface area contributed by atoms with Gasteiger partial charge in [-0.05, 0) is 43.7 Å². The number of hydrogen-bond donors (Lipinski definition) is 1. The van der Waals surface area contributed by atoms with Crippen LogP contribution in [0.2, 0.25) is 5.02 Å². The molecule has 3 aromatic rings. The molecule has 1 saturated heterocycles. The van der Waals surface area contributed by atoms with E-state index in [2.05, 4.69) is 11.6 Å². The van der Waals surface area contributed by atoms with E-state index in [0.29, 0.717) is 0 Å². The van der Waals surface area contributed by atoms with Crippen molar-refractivity contribution in [3.05, 3.63) is 63.8 Å². The van der Waals surface area contributed by atoms with E-state index in [1.165, 1.54) is 16.7 Å². The number of amides is 1. The summed E-state index contributed by atoms with van der Waals surface area (Å²) in [5.74, 6) is -0.674. The summed E-state index contributed by atoms with van der Waals surface area (Å²) in [5.41, 5.74) is 4.77. The van der Waals surface area contributed by atoms with Crippen LogP contribution in [-0.4, -0.2) is 57.3 Å². The Morgan fingerprint density at radius 2 is 1.88 bits per heavy atom. The number of benzene rings is 2. The average molecular weight is 596 g/mol. The van der Waals surface area contributed by atoms with Gasteiger partial charge in [-0.25, -0.2) is 9.18 Å². The fraction of sp³-hybridized carbons (Fsp3) is 0.370. The summed E-state index contributed by atoms with van der Waals surface area (Å²) in [6.07, 6.45) is -3.58. The molecule has 1 aromatic heterocycles. The van der Waals surface area contributed by atoms with Gasteiger partial charge in [0.2, 0.25) is 5.91 Å². The Labute approximate surface area is 236 Å². The van der Waals surface area contributed by atoms with Crippen LogP contribution in [0, 0.1) is 5.82 Å². The normalized spacial score (nSPS) is 21.4. The minimum atomic E-state index is -4.80. The van der Waals surface area contributed by atoms with E-state index in [1.807, 2.05) is 13.8 Å². The van der Waals surface area contributed by atoms with Crippen molar-refractivity contribution >= 4 is 46.0 Å². The molecule has 2 aliphatic rings. The van der Waals surface area contributed by atoms with Crippen molar-refractivity contribution in [2.24, 2.45) is 5.73 Å². The molecule has 1 amide bonds. The third kappa shape index (κ3) is 4.86. The lowest BCUT2D eigenvalue weighted by atomic mass is 9.96. The van der Waals surface area contributed by atoms with Crippen molar-refractivity contribution in [2.45, 2.75) is 49.6 Å². The van der Waals surface area contributed by atoms with Crippen LogP contribution in [0.1, 0.15) is 19.4 Å². The maximum atomic E-state index is 14.7. The number of rotatable bonds is 3. The molecule has 40 heavy (non-hydrogen) atoms. The summed E-state index contributed by atoms with van der Waals surface area (Å²) in [6.45, 7) is 7.74. The van der Waals surface area contributed by atoms with Crippen LogP contribution in [0.5, 0.6) is 0 Å². The molecule has 5 rings (SSSR count). The lowest BCUT2D eigenvalue weighted by Gasteiger charge is -2.44. The Hall–Kier alpha value is -3.09. The monoisotopic (exact) mass is 595 g/mol. The average Bonchev–Trinajstić information content (AvgIpc) is 3.06. The van der Waals surface area contributed by atoms with Gasteiger partial charge in [0.25, 0.3) is 0 Å². The molecule has 13 heteroatoms. The number of carbonyl (C=O) groups excluding carboxylic acids is 1. The number of thioether (sulfide) groups is 1. The minimum absolute atomic E-state index is 0.0615. The highest BCUT2D eigenvalue weighted by atomic mass is 35.5. The highest BCUT2D eigenvalue weighted by Crippen LogP contribution is 2.48. The lowest BCUT2D eigenvalue weighted by molar-refractivity contribution is -0.137. The maximum Gasteiger partial charge on any atom is 0.417 e. The Morgan fingerprint density at radius 3 is 2.48 bits per heavy atom. The van der Waals surface area contributed by atoms with Gasteiger partial charge in [0.05, 0.1) is 16.1 Å². The van der Waals surface area contributed by atoms with Gasteiger partial charge in [0.15, 0.2) is 0 Å². The Kier molecular flexibility index (Phi) is 7.38. The lowest BCUT2D eigenvalue weighted by Crippen LogP contribution is -2.58. The number of piperazine rings is 1. The maximum absolute atomic E-state index is 14.7. The van der Waals surface area contributed by atoms with Gasteiger partial charge in [0, 0.05) is 59.4 Å². The van der Waals surface area contributed by atoms with Gasteiger partial charge in [-0.15, -0.1) is 11.8 Å². The second kappa shape index (κ2) is 10.4. The summed E-state index contributed by atoms with van der Waals surface area (Å²) in [5, 5.41) is -0.181. The van der Waals surface area contributed by atoms with E-state index in [4.69, 9.17) is 17.3 Å². The number of carbonyl (C=O) groups is 1. The topological polar surface area (TPSA) is 84.5 Å². The smallest absolute Gasteiger partial charge is 0.352 e.